The van der Waals surface area contributed by atoms with E-state index in [1.807, 2.05) is 0 Å². The average molecular weight is 232 g/mol. The van der Waals surface area contributed by atoms with E-state index in [-0.39, 0.29) is 5.56 Å². The molecule has 2 N–H and O–H groups in total. The molecule has 0 aliphatic heterocycles. The van der Waals surface area contributed by atoms with Crippen molar-refractivity contribution in [1.82, 2.24) is 0 Å². The Kier molecular flexibility index (Phi) is 3.49. The van der Waals surface area contributed by atoms with Crippen LogP contribution in [0, 0.1) is 0 Å². The molecule has 4 nitrogen and oxygen atoms in total. The summed E-state index contributed by atoms with van der Waals surface area (Å²) in [4.78, 5) is 15.1. The van der Waals surface area contributed by atoms with Crippen molar-refractivity contribution in [3.05, 3.63) is 35.9 Å². The van der Waals surface area contributed by atoms with Crippen LogP contribution in [0.15, 0.2) is 35.5 Å². The minimum atomic E-state index is -4.81. The molecule has 0 radical (unpaired) electrons. The first-order valence-electron chi connectivity index (χ1n) is 4.08. The van der Waals surface area contributed by atoms with Gasteiger partial charge in [0.15, 0.2) is 0 Å². The second-order valence-corrected chi connectivity index (χ2v) is 2.72. The quantitative estimate of drug-likeness (QED) is 0.365. The summed E-state index contributed by atoms with van der Waals surface area (Å²) in [6.45, 7) is 0. The third-order valence-corrected chi connectivity index (χ3v) is 1.53. The van der Waals surface area contributed by atoms with E-state index >= 15 is 0 Å². The van der Waals surface area contributed by atoms with Crippen LogP contribution >= 0.6 is 0 Å². The summed E-state index contributed by atoms with van der Waals surface area (Å²) in [5.74, 6) is -2.72. The van der Waals surface area contributed by atoms with Crippen molar-refractivity contribution in [1.29, 1.82) is 0 Å². The molecule has 0 amide bonds. The lowest BCUT2D eigenvalue weighted by Crippen LogP contribution is -2.31. The minimum Gasteiger partial charge on any atom is -0.377 e. The lowest BCUT2D eigenvalue weighted by Gasteiger charge is -2.03. The summed E-state index contributed by atoms with van der Waals surface area (Å²) >= 11 is 0. The van der Waals surface area contributed by atoms with Crippen LogP contribution in [-0.2, 0) is 4.84 Å². The molecule has 7 heteroatoms. The molecule has 1 rings (SSSR count). The fourth-order valence-electron chi connectivity index (χ4n) is 0.769. The molecule has 0 heterocycles. The van der Waals surface area contributed by atoms with Crippen molar-refractivity contribution in [3.63, 3.8) is 0 Å². The molecule has 0 bridgehead atoms. The van der Waals surface area contributed by atoms with Crippen LogP contribution in [0.4, 0.5) is 13.2 Å². The van der Waals surface area contributed by atoms with Crippen LogP contribution in [0.5, 0.6) is 0 Å². The maximum absolute atomic E-state index is 11.9. The number of alkyl halides is 3. The molecule has 0 spiro atoms. The molecule has 0 atom stereocenters. The fourth-order valence-corrected chi connectivity index (χ4v) is 0.769. The van der Waals surface area contributed by atoms with E-state index in [4.69, 9.17) is 0 Å². The van der Waals surface area contributed by atoms with Crippen molar-refractivity contribution >= 4 is 11.8 Å². The maximum Gasteiger partial charge on any atom is 0.452 e. The molecule has 0 aliphatic carbocycles. The number of benzene rings is 1. The number of oxime groups is 1. The number of nitrogens with two attached hydrogens (primary N) is 1. The highest BCUT2D eigenvalue weighted by Crippen LogP contribution is 2.14. The number of carbonyl (C=O) groups is 1. The normalized spacial score (nSPS) is 12.3. The van der Waals surface area contributed by atoms with Gasteiger partial charge in [0, 0.05) is 0 Å². The number of halogens is 3. The molecule has 86 valence electrons. The molecule has 0 saturated carbocycles. The Morgan fingerprint density at radius 1 is 1.25 bits per heavy atom. The molecule has 16 heavy (non-hydrogen) atoms. The van der Waals surface area contributed by atoms with E-state index in [2.05, 4.69) is 15.7 Å². The predicted octanol–water partition coefficient (Wildman–Crippen LogP) is 1.68. The molecular formula is C9H7F3N2O2. The fraction of sp³-hybridized carbons (Fsp3) is 0.111. The van der Waals surface area contributed by atoms with Gasteiger partial charge in [-0.15, -0.1) is 0 Å². The standard InChI is InChI=1S/C9H7F3N2O2/c10-9(11,12)8(13)14-16-7(15)6-4-2-1-3-5-6/h1-5H,(H2,13,14). The van der Waals surface area contributed by atoms with Gasteiger partial charge in [-0.1, -0.05) is 23.4 Å². The Bertz CT molecular complexity index is 401. The molecule has 0 unspecified atom stereocenters. The van der Waals surface area contributed by atoms with Gasteiger partial charge in [0.2, 0.25) is 5.84 Å². The minimum absolute atomic E-state index is 0.0845. The van der Waals surface area contributed by atoms with Gasteiger partial charge in [-0.25, -0.2) is 4.79 Å². The topological polar surface area (TPSA) is 64.7 Å². The van der Waals surface area contributed by atoms with Crippen molar-refractivity contribution in [2.24, 2.45) is 10.9 Å². The first kappa shape index (κ1) is 12.0. The summed E-state index contributed by atoms with van der Waals surface area (Å²) < 4.78 is 35.6. The first-order chi connectivity index (χ1) is 7.41. The maximum atomic E-state index is 11.9. The Balaban J connectivity index is 2.67. The Morgan fingerprint density at radius 3 is 2.31 bits per heavy atom. The molecule has 0 fully saturated rings. The number of hydrogen-bond acceptors (Lipinski definition) is 3. The number of carbonyl (C=O) groups excluding carboxylic acids is 1. The van der Waals surface area contributed by atoms with Crippen molar-refractivity contribution in [3.8, 4) is 0 Å². The number of hydrogen-bond donors (Lipinski definition) is 1. The van der Waals surface area contributed by atoms with E-state index in [0.717, 1.165) is 0 Å². The zero-order valence-electron chi connectivity index (χ0n) is 7.86. The van der Waals surface area contributed by atoms with Crippen LogP contribution in [-0.4, -0.2) is 18.0 Å². The van der Waals surface area contributed by atoms with Gasteiger partial charge in [0.25, 0.3) is 0 Å². The molecule has 0 saturated heterocycles. The van der Waals surface area contributed by atoms with Gasteiger partial charge in [-0.3, -0.25) is 0 Å². The Labute approximate surface area is 88.5 Å². The zero-order chi connectivity index (χ0) is 12.2. The van der Waals surface area contributed by atoms with Crippen LogP contribution in [0.3, 0.4) is 0 Å². The largest absolute Gasteiger partial charge is 0.452 e. The zero-order valence-corrected chi connectivity index (χ0v) is 7.86. The van der Waals surface area contributed by atoms with Gasteiger partial charge >= 0.3 is 12.1 Å². The van der Waals surface area contributed by atoms with E-state index in [1.54, 1.807) is 6.07 Å². The van der Waals surface area contributed by atoms with E-state index < -0.39 is 18.0 Å². The Hall–Kier alpha value is -2.05. The molecular weight excluding hydrogens is 225 g/mol. The second-order valence-electron chi connectivity index (χ2n) is 2.72. The Morgan fingerprint density at radius 2 is 1.81 bits per heavy atom. The van der Waals surface area contributed by atoms with Crippen molar-refractivity contribution in [2.75, 3.05) is 0 Å². The molecule has 1 aromatic carbocycles. The summed E-state index contributed by atoms with van der Waals surface area (Å²) in [5, 5.41) is 2.49. The third kappa shape index (κ3) is 3.26. The van der Waals surface area contributed by atoms with E-state index in [9.17, 15) is 18.0 Å². The number of rotatable bonds is 2. The summed E-state index contributed by atoms with van der Waals surface area (Å²) in [6, 6.07) is 7.47. The van der Waals surface area contributed by atoms with Crippen LogP contribution in [0.25, 0.3) is 0 Å². The third-order valence-electron chi connectivity index (χ3n) is 1.53. The highest BCUT2D eigenvalue weighted by molar-refractivity contribution is 5.91. The number of nitrogens with zero attached hydrogens (tertiary/aromatic N) is 1. The van der Waals surface area contributed by atoms with Gasteiger partial charge in [-0.2, -0.15) is 13.2 Å². The van der Waals surface area contributed by atoms with Crippen molar-refractivity contribution in [2.45, 2.75) is 6.18 Å². The predicted molar refractivity (Wildman–Crippen MR) is 49.5 cm³/mol. The SMILES string of the molecule is NC(=NOC(=O)c1ccccc1)C(F)(F)F. The van der Waals surface area contributed by atoms with Crippen LogP contribution < -0.4 is 5.73 Å². The monoisotopic (exact) mass is 232 g/mol. The highest BCUT2D eigenvalue weighted by atomic mass is 19.4. The smallest absolute Gasteiger partial charge is 0.377 e. The van der Waals surface area contributed by atoms with Gasteiger partial charge in [0.05, 0.1) is 5.56 Å². The van der Waals surface area contributed by atoms with Gasteiger partial charge < -0.3 is 10.6 Å². The molecule has 1 aromatic rings. The highest BCUT2D eigenvalue weighted by Gasteiger charge is 2.34. The summed E-state index contributed by atoms with van der Waals surface area (Å²) in [5.41, 5.74) is 4.61. The van der Waals surface area contributed by atoms with Crippen LogP contribution in [0.1, 0.15) is 10.4 Å². The summed E-state index contributed by atoms with van der Waals surface area (Å²) in [7, 11) is 0. The van der Waals surface area contributed by atoms with Gasteiger partial charge in [0.1, 0.15) is 0 Å². The molecule has 0 aromatic heterocycles. The first-order valence-corrected chi connectivity index (χ1v) is 4.08. The average Bonchev–Trinajstić information content (AvgIpc) is 2.25. The molecule has 0 aliphatic rings. The van der Waals surface area contributed by atoms with E-state index in [1.165, 1.54) is 24.3 Å². The summed E-state index contributed by atoms with van der Waals surface area (Å²) in [6.07, 6.45) is -4.81. The number of amidine groups is 1. The lowest BCUT2D eigenvalue weighted by atomic mass is 10.2. The second kappa shape index (κ2) is 4.65. The lowest BCUT2D eigenvalue weighted by molar-refractivity contribution is -0.0623. The van der Waals surface area contributed by atoms with E-state index in [0.29, 0.717) is 0 Å². The van der Waals surface area contributed by atoms with Gasteiger partial charge in [-0.05, 0) is 12.1 Å². The van der Waals surface area contributed by atoms with Crippen molar-refractivity contribution < 1.29 is 22.8 Å². The van der Waals surface area contributed by atoms with Crippen LogP contribution in [0.2, 0.25) is 0 Å².